The van der Waals surface area contributed by atoms with Crippen LogP contribution in [0.3, 0.4) is 0 Å². The Balaban J connectivity index is 1.95. The highest BCUT2D eigenvalue weighted by Gasteiger charge is 2.50. The Morgan fingerprint density at radius 1 is 1.15 bits per heavy atom. The highest BCUT2D eigenvalue weighted by molar-refractivity contribution is 5.03. The van der Waals surface area contributed by atoms with Gasteiger partial charge in [-0.05, 0) is 51.0 Å². The van der Waals surface area contributed by atoms with Gasteiger partial charge in [-0.15, -0.1) is 0 Å². The zero-order valence-electron chi connectivity index (χ0n) is 9.46. The topological polar surface area (TPSA) is 3.24 Å². The van der Waals surface area contributed by atoms with Gasteiger partial charge in [0.2, 0.25) is 0 Å². The molecule has 0 N–H and O–H groups in total. The van der Waals surface area contributed by atoms with E-state index in [1.54, 1.807) is 0 Å². The first kappa shape index (κ1) is 9.51. The Morgan fingerprint density at radius 3 is 2.38 bits per heavy atom. The van der Waals surface area contributed by atoms with Crippen molar-refractivity contribution in [3.05, 3.63) is 0 Å². The molecule has 1 aliphatic heterocycles. The molecule has 0 spiro atoms. The lowest BCUT2D eigenvalue weighted by atomic mass is 9.85. The second-order valence-electron chi connectivity index (χ2n) is 5.50. The second kappa shape index (κ2) is 3.27. The van der Waals surface area contributed by atoms with Gasteiger partial charge in [0.15, 0.2) is 0 Å². The third kappa shape index (κ3) is 1.63. The number of nitrogens with zero attached hydrogens (tertiary/aromatic N) is 1. The molecule has 1 saturated carbocycles. The van der Waals surface area contributed by atoms with Crippen LogP contribution in [0.1, 0.15) is 40.5 Å². The highest BCUT2D eigenvalue weighted by Crippen LogP contribution is 2.49. The number of rotatable bonds is 2. The summed E-state index contributed by atoms with van der Waals surface area (Å²) in [4.78, 5) is 2.71. The van der Waals surface area contributed by atoms with E-state index in [1.807, 2.05) is 0 Å². The van der Waals surface area contributed by atoms with E-state index in [4.69, 9.17) is 0 Å². The largest absolute Gasteiger partial charge is 0.298 e. The lowest BCUT2D eigenvalue weighted by molar-refractivity contribution is 0.121. The molecule has 0 aromatic carbocycles. The normalized spacial score (nSPS) is 39.7. The minimum atomic E-state index is 0.767. The predicted octanol–water partition coefficient (Wildman–Crippen LogP) is 2.76. The van der Waals surface area contributed by atoms with Crippen molar-refractivity contribution < 1.29 is 0 Å². The first-order chi connectivity index (χ1) is 6.11. The highest BCUT2D eigenvalue weighted by atomic mass is 15.2. The summed E-state index contributed by atoms with van der Waals surface area (Å²) >= 11 is 0. The number of fused-ring (bicyclic) bond motifs is 1. The van der Waals surface area contributed by atoms with E-state index in [0.29, 0.717) is 0 Å². The van der Waals surface area contributed by atoms with Crippen LogP contribution in [0.5, 0.6) is 0 Å². The third-order valence-electron chi connectivity index (χ3n) is 4.02. The van der Waals surface area contributed by atoms with Gasteiger partial charge < -0.3 is 0 Å². The summed E-state index contributed by atoms with van der Waals surface area (Å²) < 4.78 is 0. The lowest BCUT2D eigenvalue weighted by Crippen LogP contribution is -2.40. The quantitative estimate of drug-likeness (QED) is 0.633. The molecule has 2 aliphatic rings. The molecule has 2 fully saturated rings. The maximum atomic E-state index is 2.71. The monoisotopic (exact) mass is 181 g/mol. The van der Waals surface area contributed by atoms with E-state index in [0.717, 1.165) is 29.8 Å². The minimum Gasteiger partial charge on any atom is -0.298 e. The standard InChI is InChI=1S/C12H23N/c1-8(2)10-5-6-13(9(3)4)12-7-11(10)12/h8-12H,5-7H2,1-4H3. The van der Waals surface area contributed by atoms with Gasteiger partial charge in [0.05, 0.1) is 0 Å². The molecular formula is C12H23N. The first-order valence-corrected chi connectivity index (χ1v) is 5.87. The Bertz CT molecular complexity index is 166. The SMILES string of the molecule is CC(C)C1CCN(C(C)C)C2CC12. The van der Waals surface area contributed by atoms with Crippen LogP contribution in [0.25, 0.3) is 0 Å². The van der Waals surface area contributed by atoms with E-state index in [2.05, 4.69) is 32.6 Å². The number of hydrogen-bond donors (Lipinski definition) is 0. The maximum Gasteiger partial charge on any atom is 0.0133 e. The van der Waals surface area contributed by atoms with Crippen molar-refractivity contribution >= 4 is 0 Å². The zero-order chi connectivity index (χ0) is 9.59. The fraction of sp³-hybridized carbons (Fsp3) is 1.00. The van der Waals surface area contributed by atoms with Crippen LogP contribution in [0.4, 0.5) is 0 Å². The minimum absolute atomic E-state index is 0.767. The molecule has 1 nitrogen and oxygen atoms in total. The third-order valence-corrected chi connectivity index (χ3v) is 4.02. The fourth-order valence-electron chi connectivity index (χ4n) is 3.19. The van der Waals surface area contributed by atoms with Crippen LogP contribution in [-0.4, -0.2) is 23.5 Å². The molecule has 3 atom stereocenters. The van der Waals surface area contributed by atoms with Crippen LogP contribution in [0.2, 0.25) is 0 Å². The summed E-state index contributed by atoms with van der Waals surface area (Å²) in [6, 6.07) is 1.73. The summed E-state index contributed by atoms with van der Waals surface area (Å²) in [5.74, 6) is 2.99. The number of likely N-dealkylation sites (tertiary alicyclic amines) is 1. The Labute approximate surface area is 82.5 Å². The van der Waals surface area contributed by atoms with Crippen LogP contribution in [-0.2, 0) is 0 Å². The molecule has 0 radical (unpaired) electrons. The van der Waals surface area contributed by atoms with Crippen molar-refractivity contribution in [2.24, 2.45) is 17.8 Å². The van der Waals surface area contributed by atoms with Crippen LogP contribution in [0, 0.1) is 17.8 Å². The average Bonchev–Trinajstić information content (AvgIpc) is 2.79. The summed E-state index contributed by atoms with van der Waals surface area (Å²) in [6.07, 6.45) is 2.93. The van der Waals surface area contributed by atoms with Crippen LogP contribution >= 0.6 is 0 Å². The Kier molecular flexibility index (Phi) is 2.39. The molecule has 76 valence electrons. The molecule has 0 aromatic rings. The molecule has 0 amide bonds. The predicted molar refractivity (Wildman–Crippen MR) is 56.7 cm³/mol. The Morgan fingerprint density at radius 2 is 1.85 bits per heavy atom. The molecule has 2 rings (SSSR count). The maximum absolute atomic E-state index is 2.71. The molecule has 3 unspecified atom stereocenters. The molecule has 0 bridgehead atoms. The molecule has 1 saturated heterocycles. The van der Waals surface area contributed by atoms with E-state index in [-0.39, 0.29) is 0 Å². The van der Waals surface area contributed by atoms with E-state index < -0.39 is 0 Å². The van der Waals surface area contributed by atoms with Gasteiger partial charge in [-0.3, -0.25) is 4.90 Å². The van der Waals surface area contributed by atoms with Crippen molar-refractivity contribution in [1.29, 1.82) is 0 Å². The smallest absolute Gasteiger partial charge is 0.0133 e. The first-order valence-electron chi connectivity index (χ1n) is 5.87. The van der Waals surface area contributed by atoms with Crippen molar-refractivity contribution in [2.45, 2.75) is 52.6 Å². The van der Waals surface area contributed by atoms with Gasteiger partial charge in [0, 0.05) is 12.1 Å². The van der Waals surface area contributed by atoms with Crippen LogP contribution < -0.4 is 0 Å². The van der Waals surface area contributed by atoms with Crippen molar-refractivity contribution in [2.75, 3.05) is 6.54 Å². The Hall–Kier alpha value is -0.0400. The van der Waals surface area contributed by atoms with Gasteiger partial charge in [-0.2, -0.15) is 0 Å². The molecule has 1 heteroatoms. The van der Waals surface area contributed by atoms with Gasteiger partial charge in [0.1, 0.15) is 0 Å². The average molecular weight is 181 g/mol. The number of hydrogen-bond acceptors (Lipinski definition) is 1. The van der Waals surface area contributed by atoms with E-state index >= 15 is 0 Å². The van der Waals surface area contributed by atoms with Crippen molar-refractivity contribution in [3.8, 4) is 0 Å². The lowest BCUT2D eigenvalue weighted by Gasteiger charge is -2.35. The number of piperidine rings is 1. The summed E-state index contributed by atoms with van der Waals surface area (Å²) in [5, 5.41) is 0. The molecule has 0 aromatic heterocycles. The molecule has 1 heterocycles. The van der Waals surface area contributed by atoms with Gasteiger partial charge in [-0.1, -0.05) is 13.8 Å². The fourth-order valence-corrected chi connectivity index (χ4v) is 3.19. The summed E-state index contributed by atoms with van der Waals surface area (Å²) in [5.41, 5.74) is 0. The van der Waals surface area contributed by atoms with Gasteiger partial charge in [-0.25, -0.2) is 0 Å². The summed E-state index contributed by atoms with van der Waals surface area (Å²) in [6.45, 7) is 10.8. The van der Waals surface area contributed by atoms with Crippen LogP contribution in [0.15, 0.2) is 0 Å². The second-order valence-corrected chi connectivity index (χ2v) is 5.50. The van der Waals surface area contributed by atoms with Gasteiger partial charge in [0.25, 0.3) is 0 Å². The molecule has 1 aliphatic carbocycles. The van der Waals surface area contributed by atoms with E-state index in [1.165, 1.54) is 19.4 Å². The molecule has 13 heavy (non-hydrogen) atoms. The molecular weight excluding hydrogens is 158 g/mol. The van der Waals surface area contributed by atoms with Crippen molar-refractivity contribution in [1.82, 2.24) is 4.90 Å². The van der Waals surface area contributed by atoms with Crippen molar-refractivity contribution in [3.63, 3.8) is 0 Å². The summed E-state index contributed by atoms with van der Waals surface area (Å²) in [7, 11) is 0. The van der Waals surface area contributed by atoms with E-state index in [9.17, 15) is 0 Å². The zero-order valence-corrected chi connectivity index (χ0v) is 9.46. The van der Waals surface area contributed by atoms with Gasteiger partial charge >= 0.3 is 0 Å².